The van der Waals surface area contributed by atoms with Crippen molar-refractivity contribution in [2.45, 2.75) is 13.3 Å². The third kappa shape index (κ3) is 6.28. The van der Waals surface area contributed by atoms with Crippen molar-refractivity contribution in [2.24, 2.45) is 0 Å². The molecule has 16 heavy (non-hydrogen) atoms. The lowest BCUT2D eigenvalue weighted by molar-refractivity contribution is -0.170. The fraction of sp³-hybridized carbons (Fsp3) is 0.400. The van der Waals surface area contributed by atoms with E-state index >= 15 is 0 Å². The molecule has 0 aliphatic heterocycles. The number of aryl methyl sites for hydroxylation is 1. The van der Waals surface area contributed by atoms with Gasteiger partial charge >= 0.3 is 0 Å². The molecule has 1 N–H and O–H groups in total. The topological polar surface area (TPSA) is 43.3 Å². The van der Waals surface area contributed by atoms with Crippen LogP contribution in [0, 0.1) is 0 Å². The zero-order valence-corrected chi connectivity index (χ0v) is 12.4. The Morgan fingerprint density at radius 2 is 2.06 bits per heavy atom. The van der Waals surface area contributed by atoms with E-state index in [0.717, 1.165) is 33.5 Å². The van der Waals surface area contributed by atoms with Crippen molar-refractivity contribution < 1.29 is 9.79 Å². The van der Waals surface area contributed by atoms with Crippen LogP contribution in [0.5, 0.6) is 0 Å². The average Bonchev–Trinajstić information content (AvgIpc) is 2.26. The minimum Gasteiger partial charge on any atom is -0.756 e. The fourth-order valence-corrected chi connectivity index (χ4v) is 9.50. The van der Waals surface area contributed by atoms with Crippen molar-refractivity contribution in [3.05, 3.63) is 35.9 Å². The summed E-state index contributed by atoms with van der Waals surface area (Å²) in [5, 5.41) is 0. The third-order valence-electron chi connectivity index (χ3n) is 1.76. The molecule has 0 radical (unpaired) electrons. The molecule has 0 spiro atoms. The van der Waals surface area contributed by atoms with E-state index in [0.29, 0.717) is 5.75 Å². The minimum atomic E-state index is -3.02. The lowest BCUT2D eigenvalue weighted by Gasteiger charge is -2.10. The van der Waals surface area contributed by atoms with E-state index in [9.17, 15) is 9.79 Å². The Morgan fingerprint density at radius 1 is 1.38 bits per heavy atom. The predicted octanol–water partition coefficient (Wildman–Crippen LogP) is 2.74. The van der Waals surface area contributed by atoms with Crippen LogP contribution in [-0.4, -0.2) is 16.4 Å². The first-order valence-electron chi connectivity index (χ1n) is 4.96. The van der Waals surface area contributed by atoms with E-state index in [-0.39, 0.29) is 0 Å². The molecule has 1 atom stereocenters. The zero-order chi connectivity index (χ0) is 11.9. The van der Waals surface area contributed by atoms with Crippen LogP contribution >= 0.6 is 26.9 Å². The van der Waals surface area contributed by atoms with Gasteiger partial charge in [-0.2, -0.15) is 0 Å². The second-order valence-electron chi connectivity index (χ2n) is 3.02. The van der Waals surface area contributed by atoms with E-state index < -0.39 is 5.69 Å². The molecule has 0 heterocycles. The lowest BCUT2D eigenvalue weighted by atomic mass is 10.2. The molecule has 1 aromatic carbocycles. The fourth-order valence-electron chi connectivity index (χ4n) is 1.09. The molecule has 0 aliphatic rings. The van der Waals surface area contributed by atoms with Crippen LogP contribution in [0.1, 0.15) is 12.5 Å². The summed E-state index contributed by atoms with van der Waals surface area (Å²) < 4.78 is 0. The molecule has 0 fully saturated rings. The minimum absolute atomic E-state index is 0.681. The van der Waals surface area contributed by atoms with Gasteiger partial charge in [0.25, 0.3) is 0 Å². The van der Waals surface area contributed by atoms with E-state index in [2.05, 4.69) is 12.1 Å². The van der Waals surface area contributed by atoms with E-state index in [1.165, 1.54) is 16.4 Å². The maximum atomic E-state index is 11.5. The van der Waals surface area contributed by atoms with Gasteiger partial charge in [-0.05, 0) is 18.9 Å². The molecule has 1 aromatic rings. The van der Waals surface area contributed by atoms with Crippen molar-refractivity contribution in [2.75, 3.05) is 11.5 Å². The maximum absolute atomic E-state index is 11.5. The van der Waals surface area contributed by atoms with Gasteiger partial charge in [-0.25, -0.2) is 0 Å². The highest BCUT2D eigenvalue weighted by molar-refractivity contribution is 9.03. The first-order chi connectivity index (χ1) is 7.64. The van der Waals surface area contributed by atoms with E-state index in [1.54, 1.807) is 0 Å². The van der Waals surface area contributed by atoms with Crippen LogP contribution in [0.4, 0.5) is 0 Å². The van der Waals surface area contributed by atoms with Crippen LogP contribution in [-0.2, 0) is 17.4 Å². The second kappa shape index (κ2) is 7.75. The highest BCUT2D eigenvalue weighted by Gasteiger charge is 2.11. The van der Waals surface area contributed by atoms with Crippen molar-refractivity contribution in [3.8, 4) is 0 Å². The lowest BCUT2D eigenvalue weighted by Crippen LogP contribution is -1.96. The van der Waals surface area contributed by atoms with Gasteiger partial charge in [0.15, 0.2) is 16.7 Å². The van der Waals surface area contributed by atoms with Crippen LogP contribution in [0.15, 0.2) is 30.3 Å². The van der Waals surface area contributed by atoms with Crippen molar-refractivity contribution >= 4 is 37.8 Å². The number of rotatable bonds is 6. The molecule has 0 saturated heterocycles. The summed E-state index contributed by atoms with van der Waals surface area (Å²) in [6, 6.07) is 10.2. The number of hydrogen-bond acceptors (Lipinski definition) is 3. The van der Waals surface area contributed by atoms with E-state index in [1.807, 2.05) is 25.1 Å². The van der Waals surface area contributed by atoms with Crippen molar-refractivity contribution in [1.82, 2.24) is 0 Å². The Hall–Kier alpha value is 0.490. The quantitative estimate of drug-likeness (QED) is 0.379. The molecule has 0 aromatic heterocycles. The number of benzene rings is 1. The van der Waals surface area contributed by atoms with Gasteiger partial charge in [0, 0.05) is 16.2 Å². The molecule has 0 bridgehead atoms. The molecule has 6 heteroatoms. The smallest absolute Gasteiger partial charge is 0.248 e. The van der Waals surface area contributed by atoms with Gasteiger partial charge in [0.2, 0.25) is 5.69 Å². The summed E-state index contributed by atoms with van der Waals surface area (Å²) in [6.07, 6.45) is 0.940. The molecule has 1 unspecified atom stereocenters. The van der Waals surface area contributed by atoms with Gasteiger partial charge in [0.1, 0.15) is 0 Å². The Bertz CT molecular complexity index is 350. The van der Waals surface area contributed by atoms with Crippen molar-refractivity contribution in [1.29, 1.82) is 0 Å². The standard InChI is InChI=1S/C10H15O2PS3/c1-2-14-13(11,12)16-15-9-8-10-6-4-3-5-7-10/h3-7H,2,8-9H2,1H3,(H-,11,12). The SMILES string of the molecule is CC[S+]=P([O-])(O)SSCCc1ccccc1. The first-order valence-corrected chi connectivity index (χ1v) is 11.1. The summed E-state index contributed by atoms with van der Waals surface area (Å²) >= 11 is 0. The highest BCUT2D eigenvalue weighted by Crippen LogP contribution is 2.55. The normalized spacial score (nSPS) is 14.4. The molecular formula is C10H15O2PS3. The molecule has 0 amide bonds. The van der Waals surface area contributed by atoms with Gasteiger partial charge in [-0.3, -0.25) is 0 Å². The summed E-state index contributed by atoms with van der Waals surface area (Å²) in [5.74, 6) is 1.55. The van der Waals surface area contributed by atoms with Gasteiger partial charge < -0.3 is 9.79 Å². The summed E-state index contributed by atoms with van der Waals surface area (Å²) in [7, 11) is 3.72. The Balaban J connectivity index is 2.25. The molecule has 0 aliphatic carbocycles. The van der Waals surface area contributed by atoms with Crippen LogP contribution < -0.4 is 4.89 Å². The summed E-state index contributed by atoms with van der Waals surface area (Å²) in [6.45, 7) is 1.89. The van der Waals surface area contributed by atoms with Gasteiger partial charge in [-0.15, -0.1) is 0 Å². The summed E-state index contributed by atoms with van der Waals surface area (Å²) in [5.41, 5.74) is -1.75. The maximum Gasteiger partial charge on any atom is 0.248 e. The van der Waals surface area contributed by atoms with Gasteiger partial charge in [-0.1, -0.05) is 41.1 Å². The van der Waals surface area contributed by atoms with Gasteiger partial charge in [0.05, 0.1) is 0 Å². The Kier molecular flexibility index (Phi) is 7.04. The Labute approximate surface area is 108 Å². The zero-order valence-electron chi connectivity index (χ0n) is 9.04. The van der Waals surface area contributed by atoms with Crippen LogP contribution in [0.2, 0.25) is 0 Å². The average molecular weight is 294 g/mol. The first kappa shape index (κ1) is 14.6. The van der Waals surface area contributed by atoms with Crippen molar-refractivity contribution in [3.63, 3.8) is 0 Å². The van der Waals surface area contributed by atoms with E-state index in [4.69, 9.17) is 0 Å². The molecule has 1 rings (SSSR count). The monoisotopic (exact) mass is 294 g/mol. The molecular weight excluding hydrogens is 279 g/mol. The molecule has 2 nitrogen and oxygen atoms in total. The van der Waals surface area contributed by atoms with Crippen LogP contribution in [0.3, 0.4) is 0 Å². The Morgan fingerprint density at radius 3 is 2.69 bits per heavy atom. The molecule has 90 valence electrons. The third-order valence-corrected chi connectivity index (χ3v) is 11.4. The second-order valence-corrected chi connectivity index (χ2v) is 12.5. The number of hydrogen-bond donors (Lipinski definition) is 1. The summed E-state index contributed by atoms with van der Waals surface area (Å²) in [4.78, 5) is 21.0. The molecule has 0 saturated carbocycles. The predicted molar refractivity (Wildman–Crippen MR) is 77.2 cm³/mol. The largest absolute Gasteiger partial charge is 0.756 e. The van der Waals surface area contributed by atoms with Crippen LogP contribution in [0.25, 0.3) is 0 Å². The highest BCUT2D eigenvalue weighted by atomic mass is 33.4.